The number of thiazole rings is 1. The molecule has 0 bridgehead atoms. The third-order valence-electron chi connectivity index (χ3n) is 5.95. The smallest absolute Gasteiger partial charge is 0.318 e. The number of carbonyl (C=O) groups excluding carboxylic acids is 3. The number of nitrogens with zero attached hydrogens (tertiary/aromatic N) is 3. The molecule has 0 spiro atoms. The lowest BCUT2D eigenvalue weighted by Gasteiger charge is -2.33. The maximum absolute atomic E-state index is 13.3. The first-order valence-corrected chi connectivity index (χ1v) is 12.7. The van der Waals surface area contributed by atoms with Crippen molar-refractivity contribution >= 4 is 29.1 Å². The second kappa shape index (κ2) is 12.6. The molecule has 0 saturated carbocycles. The van der Waals surface area contributed by atoms with Crippen molar-refractivity contribution < 1.29 is 14.4 Å². The summed E-state index contributed by atoms with van der Waals surface area (Å²) in [5.41, 5.74) is 1.09. The van der Waals surface area contributed by atoms with Crippen LogP contribution in [0.4, 0.5) is 4.79 Å². The number of carbonyl (C=O) groups is 3. The van der Waals surface area contributed by atoms with Gasteiger partial charge in [0.1, 0.15) is 6.04 Å². The van der Waals surface area contributed by atoms with E-state index >= 15 is 0 Å². The van der Waals surface area contributed by atoms with Gasteiger partial charge in [0.2, 0.25) is 11.7 Å². The SMILES string of the molecule is CC(C)C[C@H](NC(=O)N1CCN(C)CC1)C(=O)NC(CCc1ccccc1)C(=O)c1nccs1. The van der Waals surface area contributed by atoms with Gasteiger partial charge in [0.25, 0.3) is 0 Å². The van der Waals surface area contributed by atoms with E-state index in [0.29, 0.717) is 37.4 Å². The quantitative estimate of drug-likeness (QED) is 0.505. The van der Waals surface area contributed by atoms with Crippen molar-refractivity contribution in [1.82, 2.24) is 25.4 Å². The Balaban J connectivity index is 1.69. The molecular weight excluding hydrogens is 450 g/mol. The minimum Gasteiger partial charge on any atom is -0.344 e. The van der Waals surface area contributed by atoms with Crippen LogP contribution in [0.3, 0.4) is 0 Å². The predicted molar refractivity (Wildman–Crippen MR) is 134 cm³/mol. The van der Waals surface area contributed by atoms with Crippen molar-refractivity contribution in [2.24, 2.45) is 5.92 Å². The first kappa shape index (κ1) is 25.8. The number of Topliss-reactive ketones (excluding diaryl/α,β-unsaturated/α-hetero) is 1. The van der Waals surface area contributed by atoms with Gasteiger partial charge in [-0.3, -0.25) is 9.59 Å². The fraction of sp³-hybridized carbons (Fsp3) is 0.520. The zero-order valence-electron chi connectivity index (χ0n) is 20.2. The Morgan fingerprint density at radius 1 is 1.03 bits per heavy atom. The van der Waals surface area contributed by atoms with Crippen molar-refractivity contribution in [3.63, 3.8) is 0 Å². The normalized spacial score (nSPS) is 16.2. The molecule has 0 radical (unpaired) electrons. The number of hydrogen-bond acceptors (Lipinski definition) is 6. The van der Waals surface area contributed by atoms with Gasteiger partial charge in [0.05, 0.1) is 6.04 Å². The molecule has 1 aliphatic rings. The molecule has 9 heteroatoms. The van der Waals surface area contributed by atoms with Gasteiger partial charge in [-0.1, -0.05) is 44.2 Å². The monoisotopic (exact) mass is 485 g/mol. The molecule has 2 atom stereocenters. The molecule has 2 heterocycles. The van der Waals surface area contributed by atoms with E-state index in [4.69, 9.17) is 0 Å². The largest absolute Gasteiger partial charge is 0.344 e. The maximum Gasteiger partial charge on any atom is 0.318 e. The fourth-order valence-electron chi connectivity index (χ4n) is 3.94. The molecule has 34 heavy (non-hydrogen) atoms. The van der Waals surface area contributed by atoms with Crippen molar-refractivity contribution in [3.05, 3.63) is 52.5 Å². The molecule has 3 amide bonds. The average Bonchev–Trinajstić information content (AvgIpc) is 3.36. The number of ketones is 1. The van der Waals surface area contributed by atoms with Gasteiger partial charge in [-0.15, -0.1) is 11.3 Å². The van der Waals surface area contributed by atoms with Crippen LogP contribution in [0.15, 0.2) is 41.9 Å². The number of hydrogen-bond donors (Lipinski definition) is 2. The van der Waals surface area contributed by atoms with Crippen LogP contribution in [0.1, 0.15) is 42.1 Å². The van der Waals surface area contributed by atoms with E-state index in [2.05, 4.69) is 20.5 Å². The van der Waals surface area contributed by atoms with Gasteiger partial charge in [-0.25, -0.2) is 9.78 Å². The summed E-state index contributed by atoms with van der Waals surface area (Å²) in [5, 5.41) is 7.98. The molecule has 1 saturated heterocycles. The van der Waals surface area contributed by atoms with Gasteiger partial charge in [0.15, 0.2) is 5.01 Å². The van der Waals surface area contributed by atoms with Crippen LogP contribution < -0.4 is 10.6 Å². The topological polar surface area (TPSA) is 94.6 Å². The van der Waals surface area contributed by atoms with Gasteiger partial charge in [-0.05, 0) is 37.8 Å². The van der Waals surface area contributed by atoms with Gasteiger partial charge >= 0.3 is 6.03 Å². The summed E-state index contributed by atoms with van der Waals surface area (Å²) >= 11 is 1.26. The average molecular weight is 486 g/mol. The van der Waals surface area contributed by atoms with Gasteiger partial charge < -0.3 is 20.4 Å². The number of aryl methyl sites for hydroxylation is 1. The number of rotatable bonds is 10. The predicted octanol–water partition coefficient (Wildman–Crippen LogP) is 2.82. The van der Waals surface area contributed by atoms with E-state index in [-0.39, 0.29) is 23.6 Å². The molecule has 1 aromatic carbocycles. The lowest BCUT2D eigenvalue weighted by molar-refractivity contribution is -0.123. The second-order valence-electron chi connectivity index (χ2n) is 9.21. The van der Waals surface area contributed by atoms with E-state index in [1.165, 1.54) is 11.3 Å². The Hall–Kier alpha value is -2.78. The minimum absolute atomic E-state index is 0.195. The van der Waals surface area contributed by atoms with Crippen LogP contribution in [0, 0.1) is 5.92 Å². The Morgan fingerprint density at radius 2 is 1.74 bits per heavy atom. The highest BCUT2D eigenvalue weighted by molar-refractivity contribution is 7.11. The lowest BCUT2D eigenvalue weighted by Crippen LogP contribution is -2.57. The summed E-state index contributed by atoms with van der Waals surface area (Å²) in [4.78, 5) is 47.4. The molecule has 0 aliphatic carbocycles. The molecule has 184 valence electrons. The number of urea groups is 1. The number of aromatic nitrogens is 1. The molecular formula is C25H35N5O3S. The van der Waals surface area contributed by atoms with Crippen molar-refractivity contribution in [3.8, 4) is 0 Å². The summed E-state index contributed by atoms with van der Waals surface area (Å²) in [6, 6.07) is 8.21. The van der Waals surface area contributed by atoms with Gasteiger partial charge in [0, 0.05) is 37.8 Å². The van der Waals surface area contributed by atoms with E-state index in [0.717, 1.165) is 18.7 Å². The molecule has 8 nitrogen and oxygen atoms in total. The van der Waals surface area contributed by atoms with Gasteiger partial charge in [-0.2, -0.15) is 0 Å². The van der Waals surface area contributed by atoms with E-state index in [1.807, 2.05) is 51.2 Å². The molecule has 2 N–H and O–H groups in total. The van der Waals surface area contributed by atoms with Crippen LogP contribution in [0.5, 0.6) is 0 Å². The molecule has 1 unspecified atom stereocenters. The number of amides is 3. The highest BCUT2D eigenvalue weighted by atomic mass is 32.1. The highest BCUT2D eigenvalue weighted by Crippen LogP contribution is 2.14. The summed E-state index contributed by atoms with van der Waals surface area (Å²) in [6.07, 6.45) is 3.17. The van der Waals surface area contributed by atoms with Crippen LogP contribution in [-0.4, -0.2) is 77.8 Å². The summed E-state index contributed by atoms with van der Waals surface area (Å²) in [6.45, 7) is 6.88. The zero-order valence-corrected chi connectivity index (χ0v) is 21.0. The van der Waals surface area contributed by atoms with Crippen LogP contribution in [0.2, 0.25) is 0 Å². The fourth-order valence-corrected chi connectivity index (χ4v) is 4.57. The molecule has 3 rings (SSSR count). The van der Waals surface area contributed by atoms with Crippen LogP contribution >= 0.6 is 11.3 Å². The zero-order chi connectivity index (χ0) is 24.5. The molecule has 1 fully saturated rings. The minimum atomic E-state index is -0.714. The van der Waals surface area contributed by atoms with Crippen molar-refractivity contribution in [2.75, 3.05) is 33.2 Å². The first-order chi connectivity index (χ1) is 16.3. The van der Waals surface area contributed by atoms with Crippen LogP contribution in [-0.2, 0) is 11.2 Å². The number of likely N-dealkylation sites (N-methyl/N-ethyl adjacent to an activating group) is 1. The van der Waals surface area contributed by atoms with Crippen molar-refractivity contribution in [2.45, 2.75) is 45.2 Å². The molecule has 2 aromatic rings. The Kier molecular flexibility index (Phi) is 9.59. The number of nitrogens with one attached hydrogen (secondary N) is 2. The standard InChI is InChI=1S/C25H35N5O3S/c1-18(2)17-21(28-25(33)30-14-12-29(3)13-15-30)23(32)27-20(22(31)24-26-11-16-34-24)10-9-19-7-5-4-6-8-19/h4-8,11,16,18,20-21H,9-10,12-15,17H2,1-3H3,(H,27,32)(H,28,33)/t20?,21-/m0/s1. The third-order valence-corrected chi connectivity index (χ3v) is 6.74. The van der Waals surface area contributed by atoms with E-state index in [1.54, 1.807) is 16.5 Å². The Morgan fingerprint density at radius 3 is 2.35 bits per heavy atom. The summed E-state index contributed by atoms with van der Waals surface area (Å²) < 4.78 is 0. The Labute approximate surface area is 205 Å². The van der Waals surface area contributed by atoms with Crippen molar-refractivity contribution in [1.29, 1.82) is 0 Å². The third kappa shape index (κ3) is 7.63. The number of benzene rings is 1. The summed E-state index contributed by atoms with van der Waals surface area (Å²) in [7, 11) is 2.03. The second-order valence-corrected chi connectivity index (χ2v) is 10.1. The number of piperazine rings is 1. The Bertz CT molecular complexity index is 927. The first-order valence-electron chi connectivity index (χ1n) is 11.9. The molecule has 1 aliphatic heterocycles. The molecule has 1 aromatic heterocycles. The summed E-state index contributed by atoms with van der Waals surface area (Å²) in [5.74, 6) is -0.340. The van der Waals surface area contributed by atoms with E-state index in [9.17, 15) is 14.4 Å². The maximum atomic E-state index is 13.3. The lowest BCUT2D eigenvalue weighted by atomic mass is 9.99. The highest BCUT2D eigenvalue weighted by Gasteiger charge is 2.30. The van der Waals surface area contributed by atoms with Crippen LogP contribution in [0.25, 0.3) is 0 Å². The van der Waals surface area contributed by atoms with E-state index < -0.39 is 12.1 Å².